The average Bonchev–Trinajstić information content (AvgIpc) is 2.18. The van der Waals surface area contributed by atoms with E-state index in [2.05, 4.69) is 0 Å². The number of hydrogen-bond donors (Lipinski definition) is 1. The van der Waals surface area contributed by atoms with E-state index >= 15 is 0 Å². The molecule has 4 heteroatoms. The van der Waals surface area contributed by atoms with Gasteiger partial charge in [-0.05, 0) is 19.9 Å². The van der Waals surface area contributed by atoms with E-state index < -0.39 is 0 Å². The predicted octanol–water partition coefficient (Wildman–Crippen LogP) is 0.774. The van der Waals surface area contributed by atoms with Crippen molar-refractivity contribution in [3.8, 4) is 0 Å². The molecule has 1 aromatic heterocycles. The van der Waals surface area contributed by atoms with Crippen molar-refractivity contribution < 1.29 is 4.74 Å². The molecule has 0 aliphatic rings. The molecule has 2 N–H and O–H groups in total. The van der Waals surface area contributed by atoms with E-state index in [0.29, 0.717) is 12.2 Å². The third-order valence-corrected chi connectivity index (χ3v) is 2.34. The topological polar surface area (TPSA) is 57.2 Å². The Morgan fingerprint density at radius 1 is 1.57 bits per heavy atom. The van der Waals surface area contributed by atoms with E-state index in [4.69, 9.17) is 10.5 Å². The van der Waals surface area contributed by atoms with E-state index in [-0.39, 0.29) is 11.7 Å². The number of ether oxygens (including phenoxy) is 1. The number of nitrogens with zero attached hydrogens (tertiary/aromatic N) is 1. The number of anilines is 1. The summed E-state index contributed by atoms with van der Waals surface area (Å²) in [6.07, 6.45) is 0.00759. The quantitative estimate of drug-likeness (QED) is 0.777. The third kappa shape index (κ3) is 2.14. The van der Waals surface area contributed by atoms with Gasteiger partial charge >= 0.3 is 0 Å². The van der Waals surface area contributed by atoms with Crippen molar-refractivity contribution in [1.82, 2.24) is 4.57 Å². The summed E-state index contributed by atoms with van der Waals surface area (Å²) < 4.78 is 6.73. The Hall–Kier alpha value is -1.29. The van der Waals surface area contributed by atoms with Gasteiger partial charge in [0.15, 0.2) is 0 Å². The highest BCUT2D eigenvalue weighted by atomic mass is 16.5. The van der Waals surface area contributed by atoms with Gasteiger partial charge in [-0.15, -0.1) is 0 Å². The van der Waals surface area contributed by atoms with E-state index in [1.54, 1.807) is 17.7 Å². The van der Waals surface area contributed by atoms with Crippen molar-refractivity contribution in [3.05, 3.63) is 28.2 Å². The van der Waals surface area contributed by atoms with Crippen LogP contribution < -0.4 is 11.3 Å². The molecule has 78 valence electrons. The highest BCUT2D eigenvalue weighted by Crippen LogP contribution is 2.07. The van der Waals surface area contributed by atoms with Gasteiger partial charge in [0.1, 0.15) is 0 Å². The molecule has 0 amide bonds. The van der Waals surface area contributed by atoms with Crippen LogP contribution in [0.1, 0.15) is 12.6 Å². The second-order valence-electron chi connectivity index (χ2n) is 3.37. The maximum atomic E-state index is 11.5. The van der Waals surface area contributed by atoms with Crippen molar-refractivity contribution in [2.75, 3.05) is 12.8 Å². The predicted molar refractivity (Wildman–Crippen MR) is 56.3 cm³/mol. The van der Waals surface area contributed by atoms with Gasteiger partial charge in [0, 0.05) is 18.9 Å². The fourth-order valence-electron chi connectivity index (χ4n) is 1.25. The maximum absolute atomic E-state index is 11.5. The van der Waals surface area contributed by atoms with E-state index in [9.17, 15) is 4.79 Å². The molecule has 1 unspecified atom stereocenters. The van der Waals surface area contributed by atoms with Gasteiger partial charge in [0.25, 0.3) is 5.56 Å². The smallest absolute Gasteiger partial charge is 0.250 e. The molecule has 0 aromatic carbocycles. The van der Waals surface area contributed by atoms with Crippen LogP contribution in [0.2, 0.25) is 0 Å². The number of hydrogen-bond acceptors (Lipinski definition) is 3. The molecule has 1 heterocycles. The van der Waals surface area contributed by atoms with Gasteiger partial charge in [0.2, 0.25) is 0 Å². The molecule has 4 nitrogen and oxygen atoms in total. The first-order chi connectivity index (χ1) is 6.56. The number of methoxy groups -OCH3 is 1. The molecule has 0 aliphatic carbocycles. The summed E-state index contributed by atoms with van der Waals surface area (Å²) in [5, 5.41) is 0. The fraction of sp³-hybridized carbons (Fsp3) is 0.500. The van der Waals surface area contributed by atoms with Crippen LogP contribution in [0.25, 0.3) is 0 Å². The van der Waals surface area contributed by atoms with Crippen LogP contribution in [0.5, 0.6) is 0 Å². The molecule has 0 spiro atoms. The maximum Gasteiger partial charge on any atom is 0.250 e. The normalized spacial score (nSPS) is 12.8. The Morgan fingerprint density at radius 2 is 2.21 bits per heavy atom. The Labute approximate surface area is 83.3 Å². The Morgan fingerprint density at radius 3 is 2.79 bits per heavy atom. The molecule has 1 atom stereocenters. The first-order valence-electron chi connectivity index (χ1n) is 4.55. The average molecular weight is 196 g/mol. The largest absolute Gasteiger partial charge is 0.397 e. The summed E-state index contributed by atoms with van der Waals surface area (Å²) in [4.78, 5) is 11.5. The third-order valence-electron chi connectivity index (χ3n) is 2.34. The lowest BCUT2D eigenvalue weighted by Crippen LogP contribution is -2.27. The molecular weight excluding hydrogens is 180 g/mol. The molecule has 0 radical (unpaired) electrons. The van der Waals surface area contributed by atoms with Gasteiger partial charge in [-0.3, -0.25) is 4.79 Å². The SMILES string of the molecule is COC(C)Cn1c(C)c(N)ccc1=O. The molecule has 0 fully saturated rings. The number of nitrogens with two attached hydrogens (primary N) is 1. The van der Waals surface area contributed by atoms with Crippen LogP contribution in [0, 0.1) is 6.92 Å². The van der Waals surface area contributed by atoms with Gasteiger partial charge in [-0.25, -0.2) is 0 Å². The summed E-state index contributed by atoms with van der Waals surface area (Å²) in [6, 6.07) is 3.11. The minimum absolute atomic E-state index is 0.00759. The van der Waals surface area contributed by atoms with Crippen LogP contribution in [0.4, 0.5) is 5.69 Å². The number of nitrogen functional groups attached to an aromatic ring is 1. The number of aromatic nitrogens is 1. The Balaban J connectivity index is 3.07. The van der Waals surface area contributed by atoms with Crippen LogP contribution in [0.3, 0.4) is 0 Å². The monoisotopic (exact) mass is 196 g/mol. The summed E-state index contributed by atoms with van der Waals surface area (Å²) in [7, 11) is 1.62. The first kappa shape index (κ1) is 10.8. The van der Waals surface area contributed by atoms with Crippen molar-refractivity contribution in [2.24, 2.45) is 0 Å². The lowest BCUT2D eigenvalue weighted by molar-refractivity contribution is 0.102. The summed E-state index contributed by atoms with van der Waals surface area (Å²) >= 11 is 0. The molecule has 1 rings (SSSR count). The highest BCUT2D eigenvalue weighted by Gasteiger charge is 2.07. The summed E-state index contributed by atoms with van der Waals surface area (Å²) in [5.74, 6) is 0. The Kier molecular flexibility index (Phi) is 3.30. The molecular formula is C10H16N2O2. The second kappa shape index (κ2) is 4.28. The van der Waals surface area contributed by atoms with Crippen LogP contribution >= 0.6 is 0 Å². The zero-order chi connectivity index (χ0) is 10.7. The second-order valence-corrected chi connectivity index (χ2v) is 3.37. The van der Waals surface area contributed by atoms with Crippen molar-refractivity contribution in [2.45, 2.75) is 26.5 Å². The fourth-order valence-corrected chi connectivity index (χ4v) is 1.25. The highest BCUT2D eigenvalue weighted by molar-refractivity contribution is 5.41. The van der Waals surface area contributed by atoms with E-state index in [1.165, 1.54) is 6.07 Å². The Bertz CT molecular complexity index is 371. The lowest BCUT2D eigenvalue weighted by atomic mass is 10.3. The lowest BCUT2D eigenvalue weighted by Gasteiger charge is -2.15. The molecule has 0 saturated carbocycles. The van der Waals surface area contributed by atoms with Crippen LogP contribution in [-0.4, -0.2) is 17.8 Å². The van der Waals surface area contributed by atoms with Gasteiger partial charge in [0.05, 0.1) is 18.3 Å². The number of rotatable bonds is 3. The minimum Gasteiger partial charge on any atom is -0.397 e. The first-order valence-corrected chi connectivity index (χ1v) is 4.55. The summed E-state index contributed by atoms with van der Waals surface area (Å²) in [5.41, 5.74) is 7.09. The zero-order valence-corrected chi connectivity index (χ0v) is 8.78. The molecule has 0 bridgehead atoms. The molecule has 0 aliphatic heterocycles. The summed E-state index contributed by atoms with van der Waals surface area (Å²) in [6.45, 7) is 4.28. The van der Waals surface area contributed by atoms with E-state index in [1.807, 2.05) is 13.8 Å². The number of pyridine rings is 1. The van der Waals surface area contributed by atoms with Crippen LogP contribution in [0.15, 0.2) is 16.9 Å². The standard InChI is InChI=1S/C10H16N2O2/c1-7(14-3)6-12-8(2)9(11)4-5-10(12)13/h4-5,7H,6,11H2,1-3H3. The van der Waals surface area contributed by atoms with Crippen LogP contribution in [-0.2, 0) is 11.3 Å². The van der Waals surface area contributed by atoms with Crippen molar-refractivity contribution in [1.29, 1.82) is 0 Å². The molecule has 14 heavy (non-hydrogen) atoms. The van der Waals surface area contributed by atoms with E-state index in [0.717, 1.165) is 5.69 Å². The van der Waals surface area contributed by atoms with Gasteiger partial charge in [-0.1, -0.05) is 0 Å². The minimum atomic E-state index is -0.0411. The molecule has 1 aromatic rings. The van der Waals surface area contributed by atoms with Gasteiger partial charge in [-0.2, -0.15) is 0 Å². The van der Waals surface area contributed by atoms with Crippen molar-refractivity contribution >= 4 is 5.69 Å². The van der Waals surface area contributed by atoms with Crippen molar-refractivity contribution in [3.63, 3.8) is 0 Å². The molecule has 0 saturated heterocycles. The zero-order valence-electron chi connectivity index (χ0n) is 8.78. The van der Waals surface area contributed by atoms with Gasteiger partial charge < -0.3 is 15.0 Å².